The third-order valence-corrected chi connectivity index (χ3v) is 3.75. The summed E-state index contributed by atoms with van der Waals surface area (Å²) in [5, 5.41) is 21.0. The number of benzene rings is 1. The number of hydrogen-bond acceptors (Lipinski definition) is 5. The lowest BCUT2D eigenvalue weighted by molar-refractivity contribution is -0.384. The van der Waals surface area contributed by atoms with E-state index >= 15 is 0 Å². The number of aliphatic hydroxyl groups excluding tert-OH is 1. The first-order valence-corrected chi connectivity index (χ1v) is 6.70. The van der Waals surface area contributed by atoms with E-state index in [0.29, 0.717) is 18.4 Å². The maximum Gasteiger partial charge on any atom is 0.308 e. The zero-order valence-corrected chi connectivity index (χ0v) is 11.6. The highest BCUT2D eigenvalue weighted by Gasteiger charge is 2.29. The van der Waals surface area contributed by atoms with Crippen LogP contribution < -0.4 is 0 Å². The average Bonchev–Trinajstić information content (AvgIpc) is 2.53. The maximum absolute atomic E-state index is 11.6. The first-order valence-electron chi connectivity index (χ1n) is 6.70. The molecule has 0 aromatic heterocycles. The van der Waals surface area contributed by atoms with Crippen molar-refractivity contribution >= 4 is 11.7 Å². The number of ether oxygens (including phenoxy) is 1. The van der Waals surface area contributed by atoms with Gasteiger partial charge in [0.2, 0.25) is 0 Å². The quantitative estimate of drug-likeness (QED) is 0.398. The molecule has 112 valence electrons. The number of carbonyl (C=O) groups excluding carboxylic acids is 1. The Morgan fingerprint density at radius 1 is 1.43 bits per heavy atom. The number of nitro groups is 1. The van der Waals surface area contributed by atoms with E-state index < -0.39 is 11.0 Å². The molecular weight excluding hydrogens is 274 g/mol. The van der Waals surface area contributed by atoms with Crippen molar-refractivity contribution in [2.45, 2.75) is 18.9 Å². The van der Waals surface area contributed by atoms with Gasteiger partial charge in [0.15, 0.2) is 0 Å². The summed E-state index contributed by atoms with van der Waals surface area (Å²) in [6.45, 7) is 0. The Balaban J connectivity index is 2.10. The second-order valence-electron chi connectivity index (χ2n) is 5.08. The van der Waals surface area contributed by atoms with Crippen molar-refractivity contribution in [3.05, 3.63) is 52.1 Å². The zero-order valence-electron chi connectivity index (χ0n) is 11.6. The number of nitrogens with zero attached hydrogens (tertiary/aromatic N) is 1. The highest BCUT2D eigenvalue weighted by Crippen LogP contribution is 2.34. The van der Waals surface area contributed by atoms with Gasteiger partial charge in [0, 0.05) is 18.1 Å². The van der Waals surface area contributed by atoms with E-state index in [-0.39, 0.29) is 23.5 Å². The van der Waals surface area contributed by atoms with E-state index in [9.17, 15) is 20.0 Å². The van der Waals surface area contributed by atoms with Gasteiger partial charge in [-0.2, -0.15) is 0 Å². The van der Waals surface area contributed by atoms with Crippen molar-refractivity contribution < 1.29 is 19.6 Å². The molecule has 2 rings (SSSR count). The molecule has 0 radical (unpaired) electrons. The van der Waals surface area contributed by atoms with Crippen LogP contribution in [0, 0.1) is 22.0 Å². The summed E-state index contributed by atoms with van der Waals surface area (Å²) in [6, 6.07) is 5.81. The molecule has 1 aliphatic carbocycles. The highest BCUT2D eigenvalue weighted by molar-refractivity contribution is 5.72. The molecular formula is C15H17NO5. The fourth-order valence-corrected chi connectivity index (χ4v) is 2.55. The molecule has 0 amide bonds. The molecule has 0 aliphatic heterocycles. The van der Waals surface area contributed by atoms with Crippen molar-refractivity contribution in [3.63, 3.8) is 0 Å². The first-order chi connectivity index (χ1) is 10.0. The topological polar surface area (TPSA) is 89.7 Å². The summed E-state index contributed by atoms with van der Waals surface area (Å²) in [5.41, 5.74) is 0.582. The minimum absolute atomic E-state index is 0.0161. The number of rotatable bonds is 4. The molecule has 0 saturated carbocycles. The largest absolute Gasteiger partial charge is 0.469 e. The van der Waals surface area contributed by atoms with Crippen LogP contribution in [0.3, 0.4) is 0 Å². The normalized spacial score (nSPS) is 22.6. The Bertz CT molecular complexity index is 552. The molecule has 1 aromatic carbocycles. The number of aliphatic hydroxyl groups is 1. The number of allylic oxidation sites excluding steroid dienone is 1. The highest BCUT2D eigenvalue weighted by atomic mass is 16.6. The van der Waals surface area contributed by atoms with Gasteiger partial charge in [0.1, 0.15) is 0 Å². The predicted molar refractivity (Wildman–Crippen MR) is 75.4 cm³/mol. The smallest absolute Gasteiger partial charge is 0.308 e. The van der Waals surface area contributed by atoms with Gasteiger partial charge >= 0.3 is 5.97 Å². The molecule has 0 saturated heterocycles. The lowest BCUT2D eigenvalue weighted by Gasteiger charge is -2.27. The van der Waals surface area contributed by atoms with Crippen LogP contribution in [0.4, 0.5) is 5.69 Å². The number of hydrogen-bond donors (Lipinski definition) is 1. The van der Waals surface area contributed by atoms with Crippen LogP contribution in [-0.4, -0.2) is 23.1 Å². The van der Waals surface area contributed by atoms with Gasteiger partial charge in [-0.3, -0.25) is 14.9 Å². The molecule has 0 heterocycles. The minimum atomic E-state index is -0.797. The van der Waals surface area contributed by atoms with Crippen LogP contribution in [0.2, 0.25) is 0 Å². The van der Waals surface area contributed by atoms with Crippen LogP contribution >= 0.6 is 0 Å². The Labute approximate surface area is 122 Å². The molecule has 0 bridgehead atoms. The summed E-state index contributed by atoms with van der Waals surface area (Å²) in [6.07, 6.45) is 4.06. The van der Waals surface area contributed by atoms with E-state index in [1.165, 1.54) is 19.2 Å². The predicted octanol–water partition coefficient (Wildman–Crippen LogP) is 2.38. The van der Waals surface area contributed by atoms with Crippen LogP contribution in [0.25, 0.3) is 0 Å². The Kier molecular flexibility index (Phi) is 4.70. The molecule has 1 N–H and O–H groups in total. The van der Waals surface area contributed by atoms with Crippen LogP contribution in [0.1, 0.15) is 24.5 Å². The molecule has 1 aromatic rings. The van der Waals surface area contributed by atoms with Gasteiger partial charge in [-0.1, -0.05) is 12.2 Å². The van der Waals surface area contributed by atoms with E-state index in [4.69, 9.17) is 4.74 Å². The zero-order chi connectivity index (χ0) is 15.4. The number of methoxy groups -OCH3 is 1. The summed E-state index contributed by atoms with van der Waals surface area (Å²) in [7, 11) is 1.35. The molecule has 6 heteroatoms. The monoisotopic (exact) mass is 291 g/mol. The summed E-state index contributed by atoms with van der Waals surface area (Å²) in [5.74, 6) is -0.734. The van der Waals surface area contributed by atoms with Crippen LogP contribution in [0.15, 0.2) is 36.4 Å². The van der Waals surface area contributed by atoms with Gasteiger partial charge in [0.25, 0.3) is 5.69 Å². The Hall–Kier alpha value is -2.21. The van der Waals surface area contributed by atoms with Crippen LogP contribution in [0.5, 0.6) is 0 Å². The number of esters is 1. The van der Waals surface area contributed by atoms with Gasteiger partial charge in [-0.15, -0.1) is 0 Å². The number of nitro benzene ring substituents is 1. The molecule has 1 aliphatic rings. The number of carbonyl (C=O) groups is 1. The second-order valence-corrected chi connectivity index (χ2v) is 5.08. The molecule has 3 atom stereocenters. The molecule has 0 unspecified atom stereocenters. The Morgan fingerprint density at radius 2 is 2.10 bits per heavy atom. The average molecular weight is 291 g/mol. The fourth-order valence-electron chi connectivity index (χ4n) is 2.55. The van der Waals surface area contributed by atoms with Crippen LogP contribution in [-0.2, 0) is 9.53 Å². The summed E-state index contributed by atoms with van der Waals surface area (Å²) >= 11 is 0. The fraction of sp³-hybridized carbons (Fsp3) is 0.400. The first kappa shape index (κ1) is 15.2. The van der Waals surface area contributed by atoms with E-state index in [1.54, 1.807) is 12.1 Å². The van der Waals surface area contributed by atoms with E-state index in [0.717, 1.165) is 0 Å². The Morgan fingerprint density at radius 3 is 2.67 bits per heavy atom. The summed E-state index contributed by atoms with van der Waals surface area (Å²) < 4.78 is 4.74. The van der Waals surface area contributed by atoms with Crippen molar-refractivity contribution in [1.82, 2.24) is 0 Å². The van der Waals surface area contributed by atoms with Gasteiger partial charge in [-0.25, -0.2) is 0 Å². The third kappa shape index (κ3) is 3.46. The third-order valence-electron chi connectivity index (χ3n) is 3.75. The molecule has 0 spiro atoms. The lowest BCUT2D eigenvalue weighted by atomic mass is 9.81. The molecule has 6 nitrogen and oxygen atoms in total. The minimum Gasteiger partial charge on any atom is -0.469 e. The second kappa shape index (κ2) is 6.49. The van der Waals surface area contributed by atoms with Gasteiger partial charge in [0.05, 0.1) is 24.1 Å². The van der Waals surface area contributed by atoms with E-state index in [1.807, 2.05) is 12.2 Å². The van der Waals surface area contributed by atoms with Crippen molar-refractivity contribution in [1.29, 1.82) is 0 Å². The van der Waals surface area contributed by atoms with Crippen molar-refractivity contribution in [3.8, 4) is 0 Å². The van der Waals surface area contributed by atoms with Gasteiger partial charge < -0.3 is 9.84 Å². The SMILES string of the molecule is COC(=O)[C@@H]1CC=C[C@@H]([C@@H](O)c2ccc([N+](=O)[O-])cc2)C1. The molecule has 21 heavy (non-hydrogen) atoms. The molecule has 0 fully saturated rings. The lowest BCUT2D eigenvalue weighted by Crippen LogP contribution is -2.24. The van der Waals surface area contributed by atoms with Crippen molar-refractivity contribution in [2.75, 3.05) is 7.11 Å². The maximum atomic E-state index is 11.6. The number of non-ortho nitro benzene ring substituents is 1. The van der Waals surface area contributed by atoms with Gasteiger partial charge in [-0.05, 0) is 30.5 Å². The van der Waals surface area contributed by atoms with E-state index in [2.05, 4.69) is 0 Å². The van der Waals surface area contributed by atoms with Crippen molar-refractivity contribution in [2.24, 2.45) is 11.8 Å². The standard InChI is InChI=1S/C15H17NO5/c1-21-15(18)12-4-2-3-11(9-12)14(17)10-5-7-13(8-6-10)16(19)20/h2-3,5-8,11-12,14,17H,4,9H2,1H3/t11-,12-,14+/m1/s1. The summed E-state index contributed by atoms with van der Waals surface area (Å²) in [4.78, 5) is 21.7.